The summed E-state index contributed by atoms with van der Waals surface area (Å²) < 4.78 is 0. The maximum absolute atomic E-state index is 11.2. The molecule has 0 fully saturated rings. The summed E-state index contributed by atoms with van der Waals surface area (Å²) in [6, 6.07) is 1.89. The van der Waals surface area contributed by atoms with Crippen LogP contribution in [0.25, 0.3) is 0 Å². The van der Waals surface area contributed by atoms with E-state index in [-0.39, 0.29) is 5.91 Å². The van der Waals surface area contributed by atoms with Crippen molar-refractivity contribution < 1.29 is 4.79 Å². The molecule has 0 aliphatic heterocycles. The Kier molecular flexibility index (Phi) is 5.35. The molecule has 1 rings (SSSR count). The second-order valence-electron chi connectivity index (χ2n) is 4.03. The molecule has 0 saturated carbocycles. The van der Waals surface area contributed by atoms with E-state index in [1.165, 1.54) is 0 Å². The van der Waals surface area contributed by atoms with Crippen molar-refractivity contribution in [2.75, 3.05) is 37.4 Å². The molecule has 0 bridgehead atoms. The Morgan fingerprint density at radius 1 is 1.44 bits per heavy atom. The molecule has 0 spiro atoms. The molecular formula is C12H21N5O. The third-order valence-corrected chi connectivity index (χ3v) is 2.53. The van der Waals surface area contributed by atoms with Crippen LogP contribution in [0.3, 0.4) is 0 Å². The zero-order chi connectivity index (χ0) is 13.5. The van der Waals surface area contributed by atoms with Gasteiger partial charge in [0.15, 0.2) is 0 Å². The molecule has 1 heterocycles. The van der Waals surface area contributed by atoms with Crippen molar-refractivity contribution in [3.05, 3.63) is 11.9 Å². The lowest BCUT2D eigenvalue weighted by Crippen LogP contribution is -2.27. The van der Waals surface area contributed by atoms with Gasteiger partial charge in [0.1, 0.15) is 17.5 Å². The minimum Gasteiger partial charge on any atom is -0.370 e. The molecule has 100 valence electrons. The summed E-state index contributed by atoms with van der Waals surface area (Å²) in [5.74, 6) is 2.38. The van der Waals surface area contributed by atoms with Gasteiger partial charge in [0.25, 0.3) is 0 Å². The minimum atomic E-state index is 0.0273. The fourth-order valence-electron chi connectivity index (χ4n) is 1.53. The zero-order valence-corrected chi connectivity index (χ0v) is 11.4. The topological polar surface area (TPSA) is 70.2 Å². The van der Waals surface area contributed by atoms with Gasteiger partial charge < -0.3 is 15.5 Å². The number of amides is 1. The highest BCUT2D eigenvalue weighted by Gasteiger charge is 2.08. The Morgan fingerprint density at radius 3 is 2.78 bits per heavy atom. The Hall–Kier alpha value is -1.85. The molecule has 0 aromatic carbocycles. The molecule has 0 aliphatic carbocycles. The number of hydrogen-bond donors (Lipinski definition) is 2. The fraction of sp³-hybridized carbons (Fsp3) is 0.583. The predicted molar refractivity (Wildman–Crippen MR) is 72.9 cm³/mol. The Labute approximate surface area is 108 Å². The first-order valence-corrected chi connectivity index (χ1v) is 6.08. The molecule has 18 heavy (non-hydrogen) atoms. The van der Waals surface area contributed by atoms with E-state index in [4.69, 9.17) is 0 Å². The van der Waals surface area contributed by atoms with E-state index >= 15 is 0 Å². The highest BCUT2D eigenvalue weighted by atomic mass is 16.1. The van der Waals surface area contributed by atoms with Gasteiger partial charge in [-0.2, -0.15) is 0 Å². The molecule has 0 aliphatic rings. The second-order valence-corrected chi connectivity index (χ2v) is 4.03. The van der Waals surface area contributed by atoms with Crippen molar-refractivity contribution >= 4 is 17.5 Å². The van der Waals surface area contributed by atoms with E-state index in [2.05, 4.69) is 20.6 Å². The lowest BCUT2D eigenvalue weighted by molar-refractivity contribution is -0.120. The molecule has 0 radical (unpaired) electrons. The largest absolute Gasteiger partial charge is 0.370 e. The first-order chi connectivity index (χ1) is 8.56. The van der Waals surface area contributed by atoms with Crippen LogP contribution in [0.4, 0.5) is 11.6 Å². The Bertz CT molecular complexity index is 407. The van der Waals surface area contributed by atoms with Crippen LogP contribution < -0.4 is 15.5 Å². The van der Waals surface area contributed by atoms with E-state index in [1.807, 2.05) is 31.9 Å². The summed E-state index contributed by atoms with van der Waals surface area (Å²) in [6.45, 7) is 5.32. The number of nitrogens with zero attached hydrogens (tertiary/aromatic N) is 3. The van der Waals surface area contributed by atoms with Gasteiger partial charge in [-0.25, -0.2) is 9.97 Å². The molecule has 1 aromatic heterocycles. The molecular weight excluding hydrogens is 230 g/mol. The molecule has 6 heteroatoms. The average Bonchev–Trinajstić information content (AvgIpc) is 2.35. The van der Waals surface area contributed by atoms with Gasteiger partial charge in [0.05, 0.1) is 0 Å². The van der Waals surface area contributed by atoms with Crippen LogP contribution in [0, 0.1) is 6.92 Å². The number of nitrogens with one attached hydrogen (secondary N) is 2. The van der Waals surface area contributed by atoms with Crippen LogP contribution >= 0.6 is 0 Å². The van der Waals surface area contributed by atoms with Gasteiger partial charge >= 0.3 is 0 Å². The van der Waals surface area contributed by atoms with Crippen LogP contribution in [0.2, 0.25) is 0 Å². The molecule has 1 amide bonds. The summed E-state index contributed by atoms with van der Waals surface area (Å²) in [6.07, 6.45) is 0.451. The van der Waals surface area contributed by atoms with E-state index < -0.39 is 0 Å². The van der Waals surface area contributed by atoms with Crippen molar-refractivity contribution in [3.8, 4) is 0 Å². The number of carbonyl (C=O) groups is 1. The number of aromatic nitrogens is 2. The van der Waals surface area contributed by atoms with Crippen LogP contribution in [0.5, 0.6) is 0 Å². The zero-order valence-electron chi connectivity index (χ0n) is 11.4. The number of anilines is 2. The highest BCUT2D eigenvalue weighted by Crippen LogP contribution is 2.14. The number of rotatable bonds is 6. The van der Waals surface area contributed by atoms with Gasteiger partial charge in [0.2, 0.25) is 5.91 Å². The van der Waals surface area contributed by atoms with E-state index in [0.717, 1.165) is 24.0 Å². The lowest BCUT2D eigenvalue weighted by Gasteiger charge is -2.18. The Balaban J connectivity index is 2.72. The molecule has 6 nitrogen and oxygen atoms in total. The monoisotopic (exact) mass is 251 g/mol. The molecule has 0 saturated heterocycles. The van der Waals surface area contributed by atoms with E-state index in [0.29, 0.717) is 13.0 Å². The molecule has 0 unspecified atom stereocenters. The van der Waals surface area contributed by atoms with Crippen LogP contribution in [-0.4, -0.2) is 43.1 Å². The smallest absolute Gasteiger partial charge is 0.221 e. The summed E-state index contributed by atoms with van der Waals surface area (Å²) in [5, 5.41) is 5.77. The lowest BCUT2D eigenvalue weighted by atomic mass is 10.3. The third-order valence-electron chi connectivity index (χ3n) is 2.53. The van der Waals surface area contributed by atoms with Crippen molar-refractivity contribution in [3.63, 3.8) is 0 Å². The summed E-state index contributed by atoms with van der Waals surface area (Å²) in [7, 11) is 3.56. The van der Waals surface area contributed by atoms with Crippen LogP contribution in [0.15, 0.2) is 6.07 Å². The quantitative estimate of drug-likeness (QED) is 0.782. The molecule has 0 atom stereocenters. The molecule has 2 N–H and O–H groups in total. The second kappa shape index (κ2) is 6.78. The van der Waals surface area contributed by atoms with Crippen molar-refractivity contribution in [2.24, 2.45) is 0 Å². The van der Waals surface area contributed by atoms with E-state index in [9.17, 15) is 4.79 Å². The maximum Gasteiger partial charge on any atom is 0.221 e. The van der Waals surface area contributed by atoms with Crippen molar-refractivity contribution in [2.45, 2.75) is 20.3 Å². The van der Waals surface area contributed by atoms with Crippen LogP contribution in [0.1, 0.15) is 19.2 Å². The van der Waals surface area contributed by atoms with Crippen molar-refractivity contribution in [1.29, 1.82) is 0 Å². The standard InChI is InChI=1S/C12H21N5O/c1-5-14-10-8-11(16-9(2)15-10)17(4)7-6-12(18)13-3/h8H,5-7H2,1-4H3,(H,13,18)(H,14,15,16). The number of hydrogen-bond acceptors (Lipinski definition) is 5. The van der Waals surface area contributed by atoms with Gasteiger partial charge in [-0.3, -0.25) is 4.79 Å². The fourth-order valence-corrected chi connectivity index (χ4v) is 1.53. The highest BCUT2D eigenvalue weighted by molar-refractivity contribution is 5.76. The van der Waals surface area contributed by atoms with Gasteiger partial charge in [0, 0.05) is 39.7 Å². The third kappa shape index (κ3) is 4.20. The first-order valence-electron chi connectivity index (χ1n) is 6.08. The van der Waals surface area contributed by atoms with Gasteiger partial charge in [-0.1, -0.05) is 0 Å². The summed E-state index contributed by atoms with van der Waals surface area (Å²) >= 11 is 0. The SMILES string of the molecule is CCNc1cc(N(C)CCC(=O)NC)nc(C)n1. The maximum atomic E-state index is 11.2. The van der Waals surface area contributed by atoms with Crippen LogP contribution in [-0.2, 0) is 4.79 Å². The Morgan fingerprint density at radius 2 is 2.17 bits per heavy atom. The van der Waals surface area contributed by atoms with E-state index in [1.54, 1.807) is 7.05 Å². The molecule has 1 aromatic rings. The summed E-state index contributed by atoms with van der Waals surface area (Å²) in [5.41, 5.74) is 0. The minimum absolute atomic E-state index is 0.0273. The van der Waals surface area contributed by atoms with Gasteiger partial charge in [-0.15, -0.1) is 0 Å². The average molecular weight is 251 g/mol. The number of aryl methyl sites for hydroxylation is 1. The summed E-state index contributed by atoms with van der Waals surface area (Å²) in [4.78, 5) is 21.8. The first kappa shape index (κ1) is 14.2. The number of carbonyl (C=O) groups excluding carboxylic acids is 1. The normalized spacial score (nSPS) is 10.0. The van der Waals surface area contributed by atoms with Gasteiger partial charge in [-0.05, 0) is 13.8 Å². The van der Waals surface area contributed by atoms with Crippen molar-refractivity contribution in [1.82, 2.24) is 15.3 Å². The predicted octanol–water partition coefficient (Wildman–Crippen LogP) is 0.789.